The summed E-state index contributed by atoms with van der Waals surface area (Å²) in [5.41, 5.74) is 2.93. The highest BCUT2D eigenvalue weighted by atomic mass is 32.2. The van der Waals surface area contributed by atoms with Crippen molar-refractivity contribution in [1.82, 2.24) is 0 Å². The van der Waals surface area contributed by atoms with Gasteiger partial charge in [0, 0.05) is 12.0 Å². The highest BCUT2D eigenvalue weighted by Gasteiger charge is 2.42. The number of carbonyl (C=O) groups is 1. The van der Waals surface area contributed by atoms with Gasteiger partial charge in [-0.15, -0.1) is 0 Å². The summed E-state index contributed by atoms with van der Waals surface area (Å²) in [6.45, 7) is 1.91. The molecule has 0 aromatic heterocycles. The lowest BCUT2D eigenvalue weighted by molar-refractivity contribution is 0.0966. The fourth-order valence-corrected chi connectivity index (χ4v) is 5.12. The average molecular weight is 377 g/mol. The number of benzene rings is 3. The van der Waals surface area contributed by atoms with Gasteiger partial charge in [0.25, 0.3) is 10.0 Å². The lowest BCUT2D eigenvalue weighted by Crippen LogP contribution is -2.42. The van der Waals surface area contributed by atoms with Crippen molar-refractivity contribution in [2.45, 2.75) is 24.3 Å². The highest BCUT2D eigenvalue weighted by Crippen LogP contribution is 2.37. The number of hydrogen-bond donors (Lipinski definition) is 0. The number of rotatable bonds is 4. The molecule has 0 radical (unpaired) electrons. The summed E-state index contributed by atoms with van der Waals surface area (Å²) in [5, 5.41) is 0. The predicted octanol–water partition coefficient (Wildman–Crippen LogP) is 4.00. The molecule has 1 atom stereocenters. The summed E-state index contributed by atoms with van der Waals surface area (Å²) < 4.78 is 28.2. The summed E-state index contributed by atoms with van der Waals surface area (Å²) in [6.07, 6.45) is 0.370. The molecule has 0 N–H and O–H groups in total. The van der Waals surface area contributed by atoms with E-state index in [2.05, 4.69) is 0 Å². The number of carbonyl (C=O) groups excluding carboxylic acids is 1. The number of ketones is 1. The van der Waals surface area contributed by atoms with Crippen LogP contribution in [0.1, 0.15) is 21.5 Å². The summed E-state index contributed by atoms with van der Waals surface area (Å²) in [6, 6.07) is 22.1. The molecular weight excluding hydrogens is 358 g/mol. The first-order valence-corrected chi connectivity index (χ1v) is 10.2. The maximum atomic E-state index is 13.4. The quantitative estimate of drug-likeness (QED) is 0.646. The van der Waals surface area contributed by atoms with E-state index in [4.69, 9.17) is 0 Å². The molecule has 1 heterocycles. The molecule has 0 spiro atoms. The molecule has 4 nitrogen and oxygen atoms in total. The molecule has 1 aliphatic heterocycles. The predicted molar refractivity (Wildman–Crippen MR) is 106 cm³/mol. The van der Waals surface area contributed by atoms with Crippen LogP contribution in [0.3, 0.4) is 0 Å². The lowest BCUT2D eigenvalue weighted by atomic mass is 10.0. The molecule has 0 aliphatic carbocycles. The van der Waals surface area contributed by atoms with Crippen molar-refractivity contribution in [3.05, 3.63) is 95.6 Å². The second kappa shape index (κ2) is 6.67. The number of sulfonamides is 1. The zero-order valence-electron chi connectivity index (χ0n) is 14.9. The number of fused-ring (bicyclic) bond motifs is 1. The Labute approximate surface area is 159 Å². The van der Waals surface area contributed by atoms with E-state index >= 15 is 0 Å². The minimum Gasteiger partial charge on any atom is -0.292 e. The largest absolute Gasteiger partial charge is 0.292 e. The lowest BCUT2D eigenvalue weighted by Gasteiger charge is -2.26. The van der Waals surface area contributed by atoms with Crippen LogP contribution in [0.4, 0.5) is 5.69 Å². The van der Waals surface area contributed by atoms with E-state index in [0.717, 1.165) is 11.1 Å². The fraction of sp³-hybridized carbons (Fsp3) is 0.136. The molecule has 0 saturated heterocycles. The molecular formula is C22H19NO3S. The van der Waals surface area contributed by atoms with Crippen molar-refractivity contribution in [2.24, 2.45) is 0 Å². The van der Waals surface area contributed by atoms with Crippen LogP contribution < -0.4 is 4.31 Å². The monoisotopic (exact) mass is 377 g/mol. The van der Waals surface area contributed by atoms with Crippen LogP contribution in [0.2, 0.25) is 0 Å². The first kappa shape index (κ1) is 17.5. The topological polar surface area (TPSA) is 54.5 Å². The van der Waals surface area contributed by atoms with Gasteiger partial charge in [0.15, 0.2) is 5.78 Å². The van der Waals surface area contributed by atoms with E-state index in [-0.39, 0.29) is 10.7 Å². The number of aryl methyl sites for hydroxylation is 1. The summed E-state index contributed by atoms with van der Waals surface area (Å²) in [7, 11) is -3.86. The second-order valence-electron chi connectivity index (χ2n) is 6.69. The Bertz CT molecular complexity index is 1090. The van der Waals surface area contributed by atoms with Gasteiger partial charge < -0.3 is 0 Å². The van der Waals surface area contributed by atoms with Crippen LogP contribution in [0.15, 0.2) is 83.8 Å². The second-order valence-corrected chi connectivity index (χ2v) is 8.51. The summed E-state index contributed by atoms with van der Waals surface area (Å²) in [4.78, 5) is 13.3. The van der Waals surface area contributed by atoms with Crippen molar-refractivity contribution in [2.75, 3.05) is 4.31 Å². The third-order valence-electron chi connectivity index (χ3n) is 4.86. The van der Waals surface area contributed by atoms with E-state index in [1.807, 2.05) is 25.1 Å². The van der Waals surface area contributed by atoms with Crippen LogP contribution in [0, 0.1) is 6.92 Å². The Morgan fingerprint density at radius 3 is 2.22 bits per heavy atom. The van der Waals surface area contributed by atoms with Crippen LogP contribution in [-0.4, -0.2) is 20.2 Å². The van der Waals surface area contributed by atoms with Gasteiger partial charge in [0.05, 0.1) is 10.6 Å². The Balaban J connectivity index is 1.83. The first-order valence-electron chi connectivity index (χ1n) is 8.77. The number of nitrogens with zero attached hydrogens (tertiary/aromatic N) is 1. The Morgan fingerprint density at radius 1 is 0.889 bits per heavy atom. The zero-order chi connectivity index (χ0) is 19.0. The molecule has 0 bridgehead atoms. The Morgan fingerprint density at radius 2 is 1.52 bits per heavy atom. The number of anilines is 1. The molecule has 0 fully saturated rings. The van der Waals surface area contributed by atoms with Gasteiger partial charge in [0.2, 0.25) is 0 Å². The van der Waals surface area contributed by atoms with E-state index in [0.29, 0.717) is 17.7 Å². The maximum absolute atomic E-state index is 13.4. The van der Waals surface area contributed by atoms with Gasteiger partial charge >= 0.3 is 0 Å². The van der Waals surface area contributed by atoms with Crippen molar-refractivity contribution < 1.29 is 13.2 Å². The standard InChI is InChI=1S/C22H19NO3S/c1-16-11-13-19(14-12-16)27(25,26)23-20-10-6-5-9-18(20)15-21(23)22(24)17-7-3-2-4-8-17/h2-14,21H,15H2,1H3/t21-/m0/s1. The summed E-state index contributed by atoms with van der Waals surface area (Å²) in [5.74, 6) is -0.192. The smallest absolute Gasteiger partial charge is 0.265 e. The van der Waals surface area contributed by atoms with Gasteiger partial charge in [0.1, 0.15) is 6.04 Å². The van der Waals surface area contributed by atoms with E-state index in [9.17, 15) is 13.2 Å². The third-order valence-corrected chi connectivity index (χ3v) is 6.70. The molecule has 0 saturated carbocycles. The molecule has 4 rings (SSSR count). The van der Waals surface area contributed by atoms with Gasteiger partial charge in [-0.3, -0.25) is 9.10 Å². The van der Waals surface area contributed by atoms with Crippen LogP contribution in [0.25, 0.3) is 0 Å². The van der Waals surface area contributed by atoms with Crippen molar-refractivity contribution in [3.63, 3.8) is 0 Å². The molecule has 5 heteroatoms. The third kappa shape index (κ3) is 3.04. The first-order chi connectivity index (χ1) is 13.0. The van der Waals surface area contributed by atoms with Crippen LogP contribution in [0.5, 0.6) is 0 Å². The normalized spacial score (nSPS) is 16.2. The van der Waals surface area contributed by atoms with Crippen LogP contribution >= 0.6 is 0 Å². The van der Waals surface area contributed by atoms with Gasteiger partial charge in [-0.1, -0.05) is 66.2 Å². The van der Waals surface area contributed by atoms with Gasteiger partial charge in [-0.25, -0.2) is 8.42 Å². The molecule has 1 aliphatic rings. The molecule has 136 valence electrons. The minimum atomic E-state index is -3.86. The van der Waals surface area contributed by atoms with Crippen molar-refractivity contribution in [3.8, 4) is 0 Å². The molecule has 3 aromatic carbocycles. The number of para-hydroxylation sites is 1. The molecule has 27 heavy (non-hydrogen) atoms. The van der Waals surface area contributed by atoms with Crippen LogP contribution in [-0.2, 0) is 16.4 Å². The average Bonchev–Trinajstić information content (AvgIpc) is 3.09. The molecule has 0 unspecified atom stereocenters. The zero-order valence-corrected chi connectivity index (χ0v) is 15.7. The summed E-state index contributed by atoms with van der Waals surface area (Å²) >= 11 is 0. The Kier molecular flexibility index (Phi) is 4.32. The SMILES string of the molecule is Cc1ccc(S(=O)(=O)N2c3ccccc3C[C@H]2C(=O)c2ccccc2)cc1. The van der Waals surface area contributed by atoms with E-state index in [1.165, 1.54) is 4.31 Å². The minimum absolute atomic E-state index is 0.190. The maximum Gasteiger partial charge on any atom is 0.265 e. The van der Waals surface area contributed by atoms with Gasteiger partial charge in [-0.2, -0.15) is 0 Å². The van der Waals surface area contributed by atoms with Gasteiger partial charge in [-0.05, 0) is 30.7 Å². The van der Waals surface area contributed by atoms with E-state index < -0.39 is 16.1 Å². The fourth-order valence-electron chi connectivity index (χ4n) is 3.47. The number of hydrogen-bond acceptors (Lipinski definition) is 3. The van der Waals surface area contributed by atoms with E-state index in [1.54, 1.807) is 60.7 Å². The molecule has 0 amide bonds. The number of Topliss-reactive ketones (excluding diaryl/α,β-unsaturated/α-hetero) is 1. The van der Waals surface area contributed by atoms with Crippen molar-refractivity contribution >= 4 is 21.5 Å². The van der Waals surface area contributed by atoms with Crippen molar-refractivity contribution in [1.29, 1.82) is 0 Å². The Hall–Kier alpha value is -2.92. The molecule has 3 aromatic rings. The highest BCUT2D eigenvalue weighted by molar-refractivity contribution is 7.93.